The first-order valence-corrected chi connectivity index (χ1v) is 8.01. The van der Waals surface area contributed by atoms with Gasteiger partial charge in [-0.05, 0) is 29.8 Å². The van der Waals surface area contributed by atoms with Crippen molar-refractivity contribution in [2.45, 2.75) is 11.4 Å². The number of nitrogens with zero attached hydrogens (tertiary/aromatic N) is 2. The Balaban J connectivity index is 2.23. The van der Waals surface area contributed by atoms with Crippen LogP contribution in [0, 0.1) is 15.9 Å². The third-order valence-corrected chi connectivity index (χ3v) is 4.16. The summed E-state index contributed by atoms with van der Waals surface area (Å²) in [7, 11) is 0.658. The number of hydrogen-bond donors (Lipinski definition) is 0. The molecule has 22 heavy (non-hydrogen) atoms. The maximum Gasteiger partial charge on any atom is 0.295 e. The Kier molecular flexibility index (Phi) is 4.87. The first-order chi connectivity index (χ1) is 10.4. The molecule has 0 aromatic heterocycles. The van der Waals surface area contributed by atoms with Gasteiger partial charge in [0.15, 0.2) is 0 Å². The minimum Gasteiger partial charge on any atom is -0.365 e. The molecule has 0 heterocycles. The minimum atomic E-state index is -1.04. The molecule has 0 bridgehead atoms. The zero-order chi connectivity index (χ0) is 16.3. The lowest BCUT2D eigenvalue weighted by molar-refractivity contribution is -0.384. The summed E-state index contributed by atoms with van der Waals surface area (Å²) in [4.78, 5) is 12.8. The van der Waals surface area contributed by atoms with E-state index in [2.05, 4.69) is 0 Å². The maximum absolute atomic E-state index is 13.2. The fourth-order valence-corrected chi connectivity index (χ4v) is 2.63. The van der Waals surface area contributed by atoms with Crippen molar-refractivity contribution < 1.29 is 13.5 Å². The molecule has 116 valence electrons. The van der Waals surface area contributed by atoms with Gasteiger partial charge < -0.3 is 4.90 Å². The summed E-state index contributed by atoms with van der Waals surface area (Å²) >= 11 is 0. The van der Waals surface area contributed by atoms with E-state index in [1.54, 1.807) is 30.3 Å². The van der Waals surface area contributed by atoms with E-state index in [0.717, 1.165) is 16.5 Å². The number of nitro groups is 1. The van der Waals surface area contributed by atoms with Crippen LogP contribution >= 0.6 is 0 Å². The highest BCUT2D eigenvalue weighted by Crippen LogP contribution is 2.29. The van der Waals surface area contributed by atoms with Gasteiger partial charge in [-0.1, -0.05) is 12.1 Å². The van der Waals surface area contributed by atoms with Crippen LogP contribution in [-0.2, 0) is 17.3 Å². The van der Waals surface area contributed by atoms with Crippen molar-refractivity contribution in [2.24, 2.45) is 0 Å². The molecule has 2 rings (SSSR count). The standard InChI is InChI=1S/C15H15FN2O3S/c1-17(10-11-3-6-13(7-4-11)22(2)21)14-8-5-12(16)9-15(14)18(19)20/h3-9H,10H2,1-2H3. The molecule has 1 atom stereocenters. The molecule has 0 saturated carbocycles. The summed E-state index contributed by atoms with van der Waals surface area (Å²) in [5.41, 5.74) is 0.985. The van der Waals surface area contributed by atoms with Gasteiger partial charge >= 0.3 is 0 Å². The number of anilines is 1. The van der Waals surface area contributed by atoms with Gasteiger partial charge in [0.25, 0.3) is 5.69 Å². The van der Waals surface area contributed by atoms with Crippen molar-refractivity contribution in [3.8, 4) is 0 Å². The van der Waals surface area contributed by atoms with E-state index in [9.17, 15) is 18.7 Å². The fraction of sp³-hybridized carbons (Fsp3) is 0.200. The summed E-state index contributed by atoms with van der Waals surface area (Å²) < 4.78 is 24.5. The van der Waals surface area contributed by atoms with E-state index in [-0.39, 0.29) is 5.69 Å². The summed E-state index contributed by atoms with van der Waals surface area (Å²) in [6.45, 7) is 0.420. The van der Waals surface area contributed by atoms with Gasteiger partial charge in [-0.25, -0.2) is 4.39 Å². The van der Waals surface area contributed by atoms with E-state index in [0.29, 0.717) is 12.2 Å². The molecule has 0 radical (unpaired) electrons. The Morgan fingerprint density at radius 3 is 2.41 bits per heavy atom. The van der Waals surface area contributed by atoms with Crippen LogP contribution < -0.4 is 4.90 Å². The average Bonchev–Trinajstić information content (AvgIpc) is 2.47. The number of benzene rings is 2. The lowest BCUT2D eigenvalue weighted by Crippen LogP contribution is -2.17. The van der Waals surface area contributed by atoms with Crippen LogP contribution in [-0.4, -0.2) is 22.4 Å². The van der Waals surface area contributed by atoms with E-state index < -0.39 is 21.5 Å². The molecule has 0 saturated heterocycles. The summed E-state index contributed by atoms with van der Waals surface area (Å²) in [6.07, 6.45) is 1.60. The normalized spacial score (nSPS) is 12.0. The molecule has 0 aliphatic rings. The van der Waals surface area contributed by atoms with E-state index >= 15 is 0 Å². The SMILES string of the molecule is CN(Cc1ccc(S(C)=O)cc1)c1ccc(F)cc1[N+](=O)[O-]. The largest absolute Gasteiger partial charge is 0.365 e. The molecule has 0 aliphatic heterocycles. The fourth-order valence-electron chi connectivity index (χ4n) is 2.11. The van der Waals surface area contributed by atoms with Crippen LogP contribution in [0.3, 0.4) is 0 Å². The first kappa shape index (κ1) is 16.1. The molecule has 1 unspecified atom stereocenters. The van der Waals surface area contributed by atoms with Crippen molar-refractivity contribution >= 4 is 22.2 Å². The second-order valence-corrected chi connectivity index (χ2v) is 6.22. The van der Waals surface area contributed by atoms with Gasteiger partial charge in [0.05, 0.1) is 11.0 Å². The Bertz CT molecular complexity index is 719. The molecule has 2 aromatic rings. The Morgan fingerprint density at radius 2 is 1.86 bits per heavy atom. The quantitative estimate of drug-likeness (QED) is 0.627. The van der Waals surface area contributed by atoms with Crippen LogP contribution in [0.15, 0.2) is 47.4 Å². The van der Waals surface area contributed by atoms with Gasteiger partial charge in [-0.3, -0.25) is 14.3 Å². The van der Waals surface area contributed by atoms with Crippen molar-refractivity contribution in [1.29, 1.82) is 0 Å². The minimum absolute atomic E-state index is 0.270. The molecule has 5 nitrogen and oxygen atoms in total. The highest BCUT2D eigenvalue weighted by atomic mass is 32.2. The van der Waals surface area contributed by atoms with Gasteiger partial charge in [0.2, 0.25) is 0 Å². The van der Waals surface area contributed by atoms with Gasteiger partial charge in [0, 0.05) is 35.5 Å². The van der Waals surface area contributed by atoms with Crippen molar-refractivity contribution in [2.75, 3.05) is 18.2 Å². The lowest BCUT2D eigenvalue weighted by Gasteiger charge is -2.19. The highest BCUT2D eigenvalue weighted by molar-refractivity contribution is 7.84. The number of hydrogen-bond acceptors (Lipinski definition) is 4. The Morgan fingerprint density at radius 1 is 1.23 bits per heavy atom. The van der Waals surface area contributed by atoms with Crippen molar-refractivity contribution in [3.05, 3.63) is 64.0 Å². The molecule has 0 aliphatic carbocycles. The summed E-state index contributed by atoms with van der Waals surface area (Å²) in [6, 6.07) is 10.7. The lowest BCUT2D eigenvalue weighted by atomic mass is 10.2. The van der Waals surface area contributed by atoms with E-state index in [1.807, 2.05) is 12.1 Å². The number of rotatable bonds is 5. The van der Waals surface area contributed by atoms with Crippen LogP contribution in [0.5, 0.6) is 0 Å². The Hall–Kier alpha value is -2.28. The first-order valence-electron chi connectivity index (χ1n) is 6.46. The smallest absolute Gasteiger partial charge is 0.295 e. The third kappa shape index (κ3) is 3.67. The van der Waals surface area contributed by atoms with Crippen molar-refractivity contribution in [1.82, 2.24) is 0 Å². The van der Waals surface area contributed by atoms with Crippen LogP contribution in [0.1, 0.15) is 5.56 Å². The maximum atomic E-state index is 13.2. The number of halogens is 1. The molecular formula is C15H15FN2O3S. The monoisotopic (exact) mass is 322 g/mol. The molecule has 0 amide bonds. The van der Waals surface area contributed by atoms with E-state index in [1.165, 1.54) is 12.1 Å². The second-order valence-electron chi connectivity index (χ2n) is 4.84. The molecule has 7 heteroatoms. The molecule has 0 fully saturated rings. The molecule has 0 N–H and O–H groups in total. The predicted molar refractivity (Wildman–Crippen MR) is 83.9 cm³/mol. The van der Waals surface area contributed by atoms with Crippen LogP contribution in [0.4, 0.5) is 15.8 Å². The Labute approximate surface area is 130 Å². The average molecular weight is 322 g/mol. The van der Waals surface area contributed by atoms with Gasteiger partial charge in [-0.15, -0.1) is 0 Å². The van der Waals surface area contributed by atoms with E-state index in [4.69, 9.17) is 0 Å². The molecular weight excluding hydrogens is 307 g/mol. The van der Waals surface area contributed by atoms with Gasteiger partial charge in [0.1, 0.15) is 11.5 Å². The third-order valence-electron chi connectivity index (χ3n) is 3.22. The molecule has 0 spiro atoms. The van der Waals surface area contributed by atoms with Gasteiger partial charge in [-0.2, -0.15) is 0 Å². The predicted octanol–water partition coefficient (Wildman–Crippen LogP) is 3.11. The number of nitro benzene ring substituents is 1. The second kappa shape index (κ2) is 6.65. The van der Waals surface area contributed by atoms with Crippen LogP contribution in [0.25, 0.3) is 0 Å². The molecule has 2 aromatic carbocycles. The topological polar surface area (TPSA) is 63.5 Å². The summed E-state index contributed by atoms with van der Waals surface area (Å²) in [5, 5.41) is 11.0. The zero-order valence-corrected chi connectivity index (χ0v) is 13.0. The highest BCUT2D eigenvalue weighted by Gasteiger charge is 2.18. The van der Waals surface area contributed by atoms with Crippen LogP contribution in [0.2, 0.25) is 0 Å². The zero-order valence-electron chi connectivity index (χ0n) is 12.2. The summed E-state index contributed by atoms with van der Waals surface area (Å²) in [5.74, 6) is -0.640. The van der Waals surface area contributed by atoms with Crippen molar-refractivity contribution in [3.63, 3.8) is 0 Å².